The van der Waals surface area contributed by atoms with Crippen LogP contribution < -0.4 is 20.1 Å². The van der Waals surface area contributed by atoms with E-state index in [9.17, 15) is 4.79 Å². The van der Waals surface area contributed by atoms with Crippen molar-refractivity contribution in [2.24, 2.45) is 0 Å². The number of amides is 1. The lowest BCUT2D eigenvalue weighted by Gasteiger charge is -2.20. The van der Waals surface area contributed by atoms with Crippen molar-refractivity contribution in [3.05, 3.63) is 18.2 Å². The van der Waals surface area contributed by atoms with Gasteiger partial charge in [-0.1, -0.05) is 0 Å². The maximum atomic E-state index is 11.7. The second-order valence-electron chi connectivity index (χ2n) is 5.86. The molecule has 20 heavy (non-hydrogen) atoms. The van der Waals surface area contributed by atoms with Crippen LogP contribution in [0.3, 0.4) is 0 Å². The summed E-state index contributed by atoms with van der Waals surface area (Å²) in [7, 11) is 0. The number of hydrogen-bond acceptors (Lipinski definition) is 4. The summed E-state index contributed by atoms with van der Waals surface area (Å²) in [5.41, 5.74) is 0.627. The van der Waals surface area contributed by atoms with E-state index in [1.165, 1.54) is 0 Å². The number of carbonyl (C=O) groups is 1. The number of fused-ring (bicyclic) bond motifs is 1. The Bertz CT molecular complexity index is 480. The SMILES string of the molecule is CC(C)(C)NC(=O)CNc1ccc2c(c1)OCCCO2. The summed E-state index contributed by atoms with van der Waals surface area (Å²) in [6, 6.07) is 5.62. The van der Waals surface area contributed by atoms with Gasteiger partial charge in [-0.2, -0.15) is 0 Å². The molecule has 0 atom stereocenters. The Morgan fingerprint density at radius 3 is 2.60 bits per heavy atom. The molecule has 1 aliphatic heterocycles. The molecule has 2 rings (SSSR count). The summed E-state index contributed by atoms with van der Waals surface area (Å²) in [6.07, 6.45) is 0.880. The van der Waals surface area contributed by atoms with E-state index in [0.29, 0.717) is 13.2 Å². The van der Waals surface area contributed by atoms with E-state index in [0.717, 1.165) is 23.6 Å². The highest BCUT2D eigenvalue weighted by Crippen LogP contribution is 2.32. The second-order valence-corrected chi connectivity index (χ2v) is 5.86. The molecule has 0 fully saturated rings. The Labute approximate surface area is 119 Å². The molecule has 0 bridgehead atoms. The molecule has 0 aromatic heterocycles. The molecular formula is C15H22N2O3. The minimum atomic E-state index is -0.219. The topological polar surface area (TPSA) is 59.6 Å². The third-order valence-corrected chi connectivity index (χ3v) is 2.72. The zero-order chi connectivity index (χ0) is 14.6. The molecule has 0 aliphatic carbocycles. The molecule has 0 saturated carbocycles. The molecule has 0 saturated heterocycles. The molecule has 1 heterocycles. The van der Waals surface area contributed by atoms with Gasteiger partial charge >= 0.3 is 0 Å². The fourth-order valence-corrected chi connectivity index (χ4v) is 1.92. The fraction of sp³-hybridized carbons (Fsp3) is 0.533. The molecule has 5 nitrogen and oxygen atoms in total. The lowest BCUT2D eigenvalue weighted by molar-refractivity contribution is -0.120. The van der Waals surface area contributed by atoms with Crippen LogP contribution in [-0.2, 0) is 4.79 Å². The summed E-state index contributed by atoms with van der Waals surface area (Å²) in [5.74, 6) is 1.44. The standard InChI is InChI=1S/C15H22N2O3/c1-15(2,3)17-14(18)10-16-11-5-6-12-13(9-11)20-8-4-7-19-12/h5-6,9,16H,4,7-8,10H2,1-3H3,(H,17,18). The third kappa shape index (κ3) is 4.33. The average Bonchev–Trinajstić information content (AvgIpc) is 2.58. The minimum Gasteiger partial charge on any atom is -0.490 e. The molecule has 5 heteroatoms. The van der Waals surface area contributed by atoms with Gasteiger partial charge in [-0.25, -0.2) is 0 Å². The van der Waals surface area contributed by atoms with Crippen LogP contribution in [0.15, 0.2) is 18.2 Å². The fourth-order valence-electron chi connectivity index (χ4n) is 1.92. The predicted octanol–water partition coefficient (Wildman–Crippen LogP) is 2.17. The third-order valence-electron chi connectivity index (χ3n) is 2.72. The van der Waals surface area contributed by atoms with Gasteiger partial charge in [0, 0.05) is 23.7 Å². The molecule has 0 unspecified atom stereocenters. The van der Waals surface area contributed by atoms with Crippen LogP contribution in [0.4, 0.5) is 5.69 Å². The van der Waals surface area contributed by atoms with Crippen LogP contribution in [-0.4, -0.2) is 31.2 Å². The molecule has 1 amide bonds. The summed E-state index contributed by atoms with van der Waals surface area (Å²) in [5, 5.41) is 5.99. The summed E-state index contributed by atoms with van der Waals surface area (Å²) < 4.78 is 11.2. The molecule has 110 valence electrons. The number of ether oxygens (including phenoxy) is 2. The van der Waals surface area contributed by atoms with E-state index in [1.807, 2.05) is 39.0 Å². The van der Waals surface area contributed by atoms with Crippen molar-refractivity contribution >= 4 is 11.6 Å². The highest BCUT2D eigenvalue weighted by Gasteiger charge is 2.14. The molecule has 2 N–H and O–H groups in total. The van der Waals surface area contributed by atoms with E-state index in [-0.39, 0.29) is 18.0 Å². The first-order chi connectivity index (χ1) is 9.44. The van der Waals surface area contributed by atoms with Gasteiger partial charge in [-0.15, -0.1) is 0 Å². The average molecular weight is 278 g/mol. The van der Waals surface area contributed by atoms with Crippen molar-refractivity contribution in [1.82, 2.24) is 5.32 Å². The van der Waals surface area contributed by atoms with Crippen LogP contribution in [0.1, 0.15) is 27.2 Å². The van der Waals surface area contributed by atoms with Crippen molar-refractivity contribution in [1.29, 1.82) is 0 Å². The quantitative estimate of drug-likeness (QED) is 0.889. The van der Waals surface area contributed by atoms with Gasteiger partial charge in [0.15, 0.2) is 11.5 Å². The van der Waals surface area contributed by atoms with Crippen molar-refractivity contribution in [2.75, 3.05) is 25.1 Å². The first kappa shape index (κ1) is 14.5. The summed E-state index contributed by atoms with van der Waals surface area (Å²) in [6.45, 7) is 7.43. The highest BCUT2D eigenvalue weighted by atomic mass is 16.5. The van der Waals surface area contributed by atoms with E-state index in [4.69, 9.17) is 9.47 Å². The zero-order valence-electron chi connectivity index (χ0n) is 12.3. The number of hydrogen-bond donors (Lipinski definition) is 2. The largest absolute Gasteiger partial charge is 0.490 e. The van der Waals surface area contributed by atoms with Crippen molar-refractivity contribution < 1.29 is 14.3 Å². The van der Waals surface area contributed by atoms with Gasteiger partial charge in [0.25, 0.3) is 0 Å². The Morgan fingerprint density at radius 1 is 1.20 bits per heavy atom. The second kappa shape index (κ2) is 6.03. The van der Waals surface area contributed by atoms with Crippen LogP contribution in [0.25, 0.3) is 0 Å². The number of nitrogens with one attached hydrogen (secondary N) is 2. The zero-order valence-corrected chi connectivity index (χ0v) is 12.3. The Balaban J connectivity index is 1.94. The number of rotatable bonds is 3. The van der Waals surface area contributed by atoms with E-state index < -0.39 is 0 Å². The van der Waals surface area contributed by atoms with Gasteiger partial charge < -0.3 is 20.1 Å². The van der Waals surface area contributed by atoms with Crippen molar-refractivity contribution in [3.63, 3.8) is 0 Å². The smallest absolute Gasteiger partial charge is 0.239 e. The monoisotopic (exact) mass is 278 g/mol. The minimum absolute atomic E-state index is 0.0374. The van der Waals surface area contributed by atoms with Crippen LogP contribution in [0.5, 0.6) is 11.5 Å². The molecule has 0 radical (unpaired) electrons. The van der Waals surface area contributed by atoms with Crippen LogP contribution in [0.2, 0.25) is 0 Å². The Morgan fingerprint density at radius 2 is 1.90 bits per heavy atom. The predicted molar refractivity (Wildman–Crippen MR) is 78.4 cm³/mol. The van der Waals surface area contributed by atoms with Gasteiger partial charge in [0.1, 0.15) is 0 Å². The Kier molecular flexibility index (Phi) is 4.37. The first-order valence-electron chi connectivity index (χ1n) is 6.88. The maximum Gasteiger partial charge on any atom is 0.239 e. The lowest BCUT2D eigenvalue weighted by atomic mass is 10.1. The van der Waals surface area contributed by atoms with Crippen molar-refractivity contribution in [2.45, 2.75) is 32.7 Å². The van der Waals surface area contributed by atoms with Crippen LogP contribution in [0, 0.1) is 0 Å². The normalized spacial score (nSPS) is 14.3. The van der Waals surface area contributed by atoms with Gasteiger partial charge in [0.2, 0.25) is 5.91 Å². The van der Waals surface area contributed by atoms with Gasteiger partial charge in [-0.05, 0) is 32.9 Å². The maximum absolute atomic E-state index is 11.7. The molecule has 0 spiro atoms. The number of benzene rings is 1. The summed E-state index contributed by atoms with van der Waals surface area (Å²) >= 11 is 0. The van der Waals surface area contributed by atoms with Crippen molar-refractivity contribution in [3.8, 4) is 11.5 Å². The van der Waals surface area contributed by atoms with E-state index in [1.54, 1.807) is 0 Å². The van der Waals surface area contributed by atoms with E-state index in [2.05, 4.69) is 10.6 Å². The van der Waals surface area contributed by atoms with Crippen LogP contribution >= 0.6 is 0 Å². The van der Waals surface area contributed by atoms with Gasteiger partial charge in [0.05, 0.1) is 19.8 Å². The highest BCUT2D eigenvalue weighted by molar-refractivity contribution is 5.81. The van der Waals surface area contributed by atoms with Gasteiger partial charge in [-0.3, -0.25) is 4.79 Å². The molecule has 1 aliphatic rings. The molecule has 1 aromatic rings. The number of anilines is 1. The summed E-state index contributed by atoms with van der Waals surface area (Å²) in [4.78, 5) is 11.7. The number of carbonyl (C=O) groups excluding carboxylic acids is 1. The Hall–Kier alpha value is -1.91. The molecular weight excluding hydrogens is 256 g/mol. The lowest BCUT2D eigenvalue weighted by Crippen LogP contribution is -2.43. The molecule has 1 aromatic carbocycles. The van der Waals surface area contributed by atoms with E-state index >= 15 is 0 Å². The first-order valence-corrected chi connectivity index (χ1v) is 6.88.